The zero-order valence-corrected chi connectivity index (χ0v) is 12.9. The predicted octanol–water partition coefficient (Wildman–Crippen LogP) is 0.764. The Morgan fingerprint density at radius 2 is 2.14 bits per heavy atom. The van der Waals surface area contributed by atoms with Crippen molar-refractivity contribution in [1.29, 1.82) is 0 Å². The average Bonchev–Trinajstić information content (AvgIpc) is 2.43. The second-order valence-corrected chi connectivity index (χ2v) is 4.52. The standard InChI is InChI=1S/C14H18N4O2.ClH/c1-3-15-5-6-16-13(19)11-9-17-12-8-10(2)4-7-18(12)14(11)20;/h4,7-9,15H,3,5-6H2,1-2H3,(H,16,19);1H. The van der Waals surface area contributed by atoms with Crippen molar-refractivity contribution in [2.45, 2.75) is 13.8 Å². The molecule has 7 heteroatoms. The van der Waals surface area contributed by atoms with E-state index in [4.69, 9.17) is 0 Å². The second-order valence-electron chi connectivity index (χ2n) is 4.52. The maximum Gasteiger partial charge on any atom is 0.270 e. The summed E-state index contributed by atoms with van der Waals surface area (Å²) in [4.78, 5) is 28.3. The lowest BCUT2D eigenvalue weighted by molar-refractivity contribution is 0.0952. The molecule has 0 aromatic carbocycles. The minimum Gasteiger partial charge on any atom is -0.351 e. The number of likely N-dealkylation sites (N-methyl/N-ethyl adjacent to an activating group) is 1. The van der Waals surface area contributed by atoms with Crippen LogP contribution in [0, 0.1) is 6.92 Å². The minimum absolute atomic E-state index is 0. The number of nitrogens with one attached hydrogen (secondary N) is 2. The van der Waals surface area contributed by atoms with E-state index in [2.05, 4.69) is 15.6 Å². The summed E-state index contributed by atoms with van der Waals surface area (Å²) in [6, 6.07) is 3.61. The smallest absolute Gasteiger partial charge is 0.270 e. The molecule has 2 N–H and O–H groups in total. The highest BCUT2D eigenvalue weighted by molar-refractivity contribution is 5.93. The first-order valence-electron chi connectivity index (χ1n) is 6.60. The van der Waals surface area contributed by atoms with Gasteiger partial charge in [-0.3, -0.25) is 14.0 Å². The van der Waals surface area contributed by atoms with Gasteiger partial charge >= 0.3 is 0 Å². The van der Waals surface area contributed by atoms with Gasteiger partial charge in [-0.15, -0.1) is 12.4 Å². The summed E-state index contributed by atoms with van der Waals surface area (Å²) >= 11 is 0. The second kappa shape index (κ2) is 7.75. The molecule has 0 saturated heterocycles. The van der Waals surface area contributed by atoms with Crippen molar-refractivity contribution >= 4 is 24.0 Å². The number of pyridine rings is 1. The highest BCUT2D eigenvalue weighted by Crippen LogP contribution is 2.02. The molecule has 114 valence electrons. The van der Waals surface area contributed by atoms with Crippen LogP contribution in [0.25, 0.3) is 5.65 Å². The average molecular weight is 311 g/mol. The van der Waals surface area contributed by atoms with Gasteiger partial charge in [-0.2, -0.15) is 0 Å². The first-order valence-corrected chi connectivity index (χ1v) is 6.60. The normalized spacial score (nSPS) is 10.2. The summed E-state index contributed by atoms with van der Waals surface area (Å²) in [6.07, 6.45) is 2.97. The van der Waals surface area contributed by atoms with Crippen LogP contribution in [-0.4, -0.2) is 34.9 Å². The highest BCUT2D eigenvalue weighted by atomic mass is 35.5. The number of rotatable bonds is 5. The molecule has 0 saturated carbocycles. The first kappa shape index (κ1) is 17.1. The number of aryl methyl sites for hydroxylation is 1. The Morgan fingerprint density at radius 1 is 1.38 bits per heavy atom. The molecule has 2 heterocycles. The van der Waals surface area contributed by atoms with Gasteiger partial charge in [-0.25, -0.2) is 4.98 Å². The summed E-state index contributed by atoms with van der Waals surface area (Å²) in [7, 11) is 0. The maximum absolute atomic E-state index is 12.2. The fourth-order valence-electron chi connectivity index (χ4n) is 1.87. The third-order valence-electron chi connectivity index (χ3n) is 2.95. The van der Waals surface area contributed by atoms with Gasteiger partial charge in [0, 0.05) is 25.5 Å². The van der Waals surface area contributed by atoms with Crippen molar-refractivity contribution in [2.24, 2.45) is 0 Å². The molecule has 21 heavy (non-hydrogen) atoms. The van der Waals surface area contributed by atoms with E-state index in [1.807, 2.05) is 19.9 Å². The van der Waals surface area contributed by atoms with Crippen molar-refractivity contribution in [3.05, 3.63) is 46.0 Å². The summed E-state index contributed by atoms with van der Waals surface area (Å²) < 4.78 is 1.38. The molecule has 0 fully saturated rings. The molecule has 0 radical (unpaired) electrons. The Morgan fingerprint density at radius 3 is 2.86 bits per heavy atom. The molecule has 2 aromatic heterocycles. The first-order chi connectivity index (χ1) is 9.63. The van der Waals surface area contributed by atoms with Gasteiger partial charge in [0.1, 0.15) is 11.2 Å². The Bertz CT molecular complexity index is 684. The lowest BCUT2D eigenvalue weighted by Crippen LogP contribution is -2.35. The van der Waals surface area contributed by atoms with Crippen LogP contribution < -0.4 is 16.2 Å². The van der Waals surface area contributed by atoms with Crippen molar-refractivity contribution < 1.29 is 4.79 Å². The number of hydrogen-bond acceptors (Lipinski definition) is 4. The van der Waals surface area contributed by atoms with Gasteiger partial charge < -0.3 is 10.6 Å². The lowest BCUT2D eigenvalue weighted by atomic mass is 10.2. The SMILES string of the molecule is CCNCCNC(=O)c1cnc2cc(C)ccn2c1=O.Cl. The van der Waals surface area contributed by atoms with E-state index in [0.29, 0.717) is 18.7 Å². The third-order valence-corrected chi connectivity index (χ3v) is 2.95. The fourth-order valence-corrected chi connectivity index (χ4v) is 1.87. The topological polar surface area (TPSA) is 75.5 Å². The Hall–Kier alpha value is -1.92. The molecule has 0 bridgehead atoms. The number of aromatic nitrogens is 2. The predicted molar refractivity (Wildman–Crippen MR) is 84.3 cm³/mol. The Kier molecular flexibility index (Phi) is 6.33. The molecular weight excluding hydrogens is 292 g/mol. The largest absolute Gasteiger partial charge is 0.351 e. The van der Waals surface area contributed by atoms with Crippen LogP contribution in [0.2, 0.25) is 0 Å². The van der Waals surface area contributed by atoms with Crippen LogP contribution in [0.15, 0.2) is 29.3 Å². The molecule has 0 spiro atoms. The van der Waals surface area contributed by atoms with Crippen LogP contribution in [-0.2, 0) is 0 Å². The maximum atomic E-state index is 12.2. The van der Waals surface area contributed by atoms with Gasteiger partial charge in [0.15, 0.2) is 0 Å². The highest BCUT2D eigenvalue weighted by Gasteiger charge is 2.12. The van der Waals surface area contributed by atoms with Crippen LogP contribution in [0.4, 0.5) is 0 Å². The summed E-state index contributed by atoms with van der Waals surface area (Å²) in [5.74, 6) is -0.393. The zero-order valence-electron chi connectivity index (χ0n) is 12.0. The zero-order chi connectivity index (χ0) is 14.5. The van der Waals surface area contributed by atoms with Gasteiger partial charge in [0.2, 0.25) is 0 Å². The van der Waals surface area contributed by atoms with Crippen molar-refractivity contribution in [1.82, 2.24) is 20.0 Å². The van der Waals surface area contributed by atoms with E-state index < -0.39 is 5.91 Å². The molecule has 6 nitrogen and oxygen atoms in total. The molecular formula is C14H19ClN4O2. The monoisotopic (exact) mass is 310 g/mol. The number of halogens is 1. The van der Waals surface area contributed by atoms with Crippen LogP contribution in [0.1, 0.15) is 22.8 Å². The minimum atomic E-state index is -0.393. The molecule has 0 aliphatic rings. The van der Waals surface area contributed by atoms with Crippen LogP contribution in [0.5, 0.6) is 0 Å². The number of carbonyl (C=O) groups is 1. The van der Waals surface area contributed by atoms with E-state index >= 15 is 0 Å². The summed E-state index contributed by atoms with van der Waals surface area (Å²) in [6.45, 7) is 5.90. The molecule has 1 amide bonds. The van der Waals surface area contributed by atoms with Gasteiger partial charge in [-0.05, 0) is 31.2 Å². The quantitative estimate of drug-likeness (QED) is 0.800. The van der Waals surface area contributed by atoms with E-state index in [0.717, 1.165) is 12.1 Å². The Balaban J connectivity index is 0.00000220. The van der Waals surface area contributed by atoms with Crippen LogP contribution >= 0.6 is 12.4 Å². The van der Waals surface area contributed by atoms with E-state index in [1.54, 1.807) is 12.3 Å². The van der Waals surface area contributed by atoms with E-state index in [1.165, 1.54) is 10.6 Å². The van der Waals surface area contributed by atoms with Gasteiger partial charge in [0.25, 0.3) is 11.5 Å². The number of nitrogens with zero attached hydrogens (tertiary/aromatic N) is 2. The van der Waals surface area contributed by atoms with Crippen molar-refractivity contribution in [3.8, 4) is 0 Å². The molecule has 0 aliphatic carbocycles. The van der Waals surface area contributed by atoms with Gasteiger partial charge in [-0.1, -0.05) is 6.92 Å². The number of hydrogen-bond donors (Lipinski definition) is 2. The van der Waals surface area contributed by atoms with E-state index in [-0.39, 0.29) is 23.5 Å². The van der Waals surface area contributed by atoms with Gasteiger partial charge in [0.05, 0.1) is 0 Å². The summed E-state index contributed by atoms with van der Waals surface area (Å²) in [5, 5.41) is 5.79. The molecule has 0 aliphatic heterocycles. The van der Waals surface area contributed by atoms with Crippen LogP contribution in [0.3, 0.4) is 0 Å². The molecule has 0 atom stereocenters. The number of fused-ring (bicyclic) bond motifs is 1. The number of amides is 1. The van der Waals surface area contributed by atoms with Crippen molar-refractivity contribution in [3.63, 3.8) is 0 Å². The molecule has 2 rings (SSSR count). The number of carbonyl (C=O) groups excluding carboxylic acids is 1. The summed E-state index contributed by atoms with van der Waals surface area (Å²) in [5.41, 5.74) is 1.26. The lowest BCUT2D eigenvalue weighted by Gasteiger charge is -2.06. The molecule has 2 aromatic rings. The fraction of sp³-hybridized carbons (Fsp3) is 0.357. The van der Waals surface area contributed by atoms with Crippen molar-refractivity contribution in [2.75, 3.05) is 19.6 Å². The Labute approximate surface area is 129 Å². The third kappa shape index (κ3) is 4.03. The van der Waals surface area contributed by atoms with E-state index in [9.17, 15) is 9.59 Å². The molecule has 0 unspecified atom stereocenters.